The Bertz CT molecular complexity index is 870. The monoisotopic (exact) mass is 356 g/mol. The fourth-order valence-electron chi connectivity index (χ4n) is 2.44. The summed E-state index contributed by atoms with van der Waals surface area (Å²) >= 11 is 1.49. The Kier molecular flexibility index (Phi) is 5.04. The molecule has 6 nitrogen and oxygen atoms in total. The number of ether oxygens (including phenoxy) is 1. The summed E-state index contributed by atoms with van der Waals surface area (Å²) in [5, 5.41) is 5.50. The van der Waals surface area contributed by atoms with E-state index >= 15 is 0 Å². The number of thiazole rings is 1. The van der Waals surface area contributed by atoms with E-state index in [9.17, 15) is 14.4 Å². The van der Waals surface area contributed by atoms with Gasteiger partial charge in [0.1, 0.15) is 0 Å². The number of anilines is 1. The van der Waals surface area contributed by atoms with Gasteiger partial charge in [0, 0.05) is 29.1 Å². The first-order chi connectivity index (χ1) is 12.0. The van der Waals surface area contributed by atoms with E-state index in [4.69, 9.17) is 4.74 Å². The topological polar surface area (TPSA) is 85.4 Å². The zero-order valence-corrected chi connectivity index (χ0v) is 14.4. The molecule has 1 N–H and O–H groups in total. The van der Waals surface area contributed by atoms with Gasteiger partial charge in [-0.15, -0.1) is 11.3 Å². The smallest absolute Gasteiger partial charge is 0.331 e. The van der Waals surface area contributed by atoms with E-state index in [2.05, 4.69) is 10.3 Å². The Balaban J connectivity index is 1.56. The third kappa shape index (κ3) is 4.39. The summed E-state index contributed by atoms with van der Waals surface area (Å²) in [5.41, 5.74) is 2.78. The van der Waals surface area contributed by atoms with Crippen LogP contribution in [0.2, 0.25) is 0 Å². The lowest BCUT2D eigenvalue weighted by molar-refractivity contribution is -0.136. The van der Waals surface area contributed by atoms with Crippen LogP contribution in [-0.4, -0.2) is 29.3 Å². The van der Waals surface area contributed by atoms with Crippen LogP contribution in [0.1, 0.15) is 33.0 Å². The molecule has 0 radical (unpaired) electrons. The van der Waals surface area contributed by atoms with Gasteiger partial charge >= 0.3 is 5.97 Å². The predicted molar refractivity (Wildman–Crippen MR) is 94.6 cm³/mol. The molecule has 1 aliphatic rings. The summed E-state index contributed by atoms with van der Waals surface area (Å²) < 4.78 is 4.98. The highest BCUT2D eigenvalue weighted by Crippen LogP contribution is 2.23. The number of benzene rings is 1. The van der Waals surface area contributed by atoms with Gasteiger partial charge in [0.25, 0.3) is 0 Å². The van der Waals surface area contributed by atoms with Crippen molar-refractivity contribution in [1.82, 2.24) is 4.98 Å². The number of rotatable bonds is 5. The van der Waals surface area contributed by atoms with Crippen molar-refractivity contribution in [3.63, 3.8) is 0 Å². The maximum atomic E-state index is 12.2. The van der Waals surface area contributed by atoms with Crippen LogP contribution in [0.4, 0.5) is 5.69 Å². The average molecular weight is 356 g/mol. The van der Waals surface area contributed by atoms with Gasteiger partial charge in [-0.25, -0.2) is 9.78 Å². The minimum atomic E-state index is -0.593. The second-order valence-electron chi connectivity index (χ2n) is 5.58. The second-order valence-corrected chi connectivity index (χ2v) is 6.64. The van der Waals surface area contributed by atoms with Gasteiger partial charge in [0.05, 0.1) is 10.7 Å². The van der Waals surface area contributed by atoms with Crippen LogP contribution in [-0.2, 0) is 20.7 Å². The number of aryl methyl sites for hydroxylation is 2. The van der Waals surface area contributed by atoms with Crippen LogP contribution >= 0.6 is 11.3 Å². The molecular weight excluding hydrogens is 340 g/mol. The Morgan fingerprint density at radius 3 is 2.96 bits per heavy atom. The molecule has 0 saturated carbocycles. The number of Topliss-reactive ketones (excluding diaryl/α,β-unsaturated/α-hetero) is 1. The minimum Gasteiger partial charge on any atom is -0.454 e. The van der Waals surface area contributed by atoms with E-state index in [1.165, 1.54) is 17.4 Å². The summed E-state index contributed by atoms with van der Waals surface area (Å²) in [5.74, 6) is -0.905. The predicted octanol–water partition coefficient (Wildman–Crippen LogP) is 2.78. The van der Waals surface area contributed by atoms with E-state index < -0.39 is 5.97 Å². The van der Waals surface area contributed by atoms with Gasteiger partial charge in [0.15, 0.2) is 12.4 Å². The highest BCUT2D eigenvalue weighted by Gasteiger charge is 2.17. The van der Waals surface area contributed by atoms with Crippen LogP contribution < -0.4 is 5.32 Å². The standard InChI is InChI=1S/C18H16N2O4S/c1-11-19-14(10-25-11)4-7-18(23)24-9-16(21)13-2-5-15-12(8-13)3-6-17(22)20-15/h2,4-5,7-8,10H,3,6,9H2,1H3,(H,20,22)/b7-4+. The molecular formula is C18H16N2O4S. The average Bonchev–Trinajstić information content (AvgIpc) is 3.02. The molecule has 2 heterocycles. The number of ketones is 1. The maximum absolute atomic E-state index is 12.2. The summed E-state index contributed by atoms with van der Waals surface area (Å²) in [4.78, 5) is 39.4. The summed E-state index contributed by atoms with van der Waals surface area (Å²) in [7, 11) is 0. The molecule has 128 valence electrons. The summed E-state index contributed by atoms with van der Waals surface area (Å²) in [6.07, 6.45) is 3.81. The lowest BCUT2D eigenvalue weighted by Crippen LogP contribution is -2.20. The van der Waals surface area contributed by atoms with E-state index in [1.54, 1.807) is 24.3 Å². The van der Waals surface area contributed by atoms with Crippen LogP contribution in [0.15, 0.2) is 29.7 Å². The van der Waals surface area contributed by atoms with Gasteiger partial charge in [-0.3, -0.25) is 9.59 Å². The fourth-order valence-corrected chi connectivity index (χ4v) is 3.02. The highest BCUT2D eigenvalue weighted by atomic mass is 32.1. The molecule has 2 aromatic rings. The molecule has 7 heteroatoms. The lowest BCUT2D eigenvalue weighted by atomic mass is 9.99. The Morgan fingerprint density at radius 2 is 2.20 bits per heavy atom. The Morgan fingerprint density at radius 1 is 1.36 bits per heavy atom. The van der Waals surface area contributed by atoms with Gasteiger partial charge in [-0.2, -0.15) is 0 Å². The molecule has 25 heavy (non-hydrogen) atoms. The van der Waals surface area contributed by atoms with Crippen LogP contribution in [0, 0.1) is 6.92 Å². The van der Waals surface area contributed by atoms with E-state index in [0.29, 0.717) is 24.1 Å². The number of hydrogen-bond acceptors (Lipinski definition) is 6. The number of carbonyl (C=O) groups is 3. The third-order valence-electron chi connectivity index (χ3n) is 3.70. The van der Waals surface area contributed by atoms with Crippen LogP contribution in [0.25, 0.3) is 6.08 Å². The van der Waals surface area contributed by atoms with E-state index in [1.807, 2.05) is 12.3 Å². The number of carbonyl (C=O) groups excluding carboxylic acids is 3. The summed E-state index contributed by atoms with van der Waals surface area (Å²) in [6, 6.07) is 5.05. The maximum Gasteiger partial charge on any atom is 0.331 e. The molecule has 0 saturated heterocycles. The third-order valence-corrected chi connectivity index (χ3v) is 4.49. The molecule has 1 amide bonds. The van der Waals surface area contributed by atoms with Crippen LogP contribution in [0.3, 0.4) is 0 Å². The van der Waals surface area contributed by atoms with E-state index in [0.717, 1.165) is 16.3 Å². The molecule has 0 bridgehead atoms. The lowest BCUT2D eigenvalue weighted by Gasteiger charge is -2.17. The number of esters is 1. The van der Waals surface area contributed by atoms with Crippen molar-refractivity contribution in [1.29, 1.82) is 0 Å². The highest BCUT2D eigenvalue weighted by molar-refractivity contribution is 7.09. The van der Waals surface area contributed by atoms with Crippen molar-refractivity contribution >= 4 is 40.8 Å². The number of amides is 1. The van der Waals surface area contributed by atoms with Crippen molar-refractivity contribution < 1.29 is 19.1 Å². The zero-order chi connectivity index (χ0) is 17.8. The first-order valence-electron chi connectivity index (χ1n) is 7.74. The van der Waals surface area contributed by atoms with Crippen molar-refractivity contribution in [3.05, 3.63) is 51.5 Å². The molecule has 0 unspecified atom stereocenters. The van der Waals surface area contributed by atoms with Crippen molar-refractivity contribution in [2.45, 2.75) is 19.8 Å². The molecule has 1 aliphatic heterocycles. The molecule has 0 fully saturated rings. The van der Waals surface area contributed by atoms with E-state index in [-0.39, 0.29) is 18.3 Å². The number of hydrogen-bond donors (Lipinski definition) is 1. The largest absolute Gasteiger partial charge is 0.454 e. The number of fused-ring (bicyclic) bond motifs is 1. The van der Waals surface area contributed by atoms with Gasteiger partial charge in [-0.1, -0.05) is 0 Å². The Hall–Kier alpha value is -2.80. The van der Waals surface area contributed by atoms with Gasteiger partial charge < -0.3 is 10.1 Å². The SMILES string of the molecule is Cc1nc(/C=C/C(=O)OCC(=O)c2ccc3c(c2)CCC(=O)N3)cs1. The van der Waals surface area contributed by atoms with Crippen molar-refractivity contribution in [2.75, 3.05) is 11.9 Å². The number of nitrogens with zero attached hydrogens (tertiary/aromatic N) is 1. The molecule has 0 atom stereocenters. The number of aromatic nitrogens is 1. The molecule has 0 spiro atoms. The zero-order valence-electron chi connectivity index (χ0n) is 13.6. The number of nitrogens with one attached hydrogen (secondary N) is 1. The van der Waals surface area contributed by atoms with Crippen molar-refractivity contribution in [2.24, 2.45) is 0 Å². The first-order valence-corrected chi connectivity index (χ1v) is 8.62. The van der Waals surface area contributed by atoms with Gasteiger partial charge in [0.2, 0.25) is 5.91 Å². The molecule has 0 aliphatic carbocycles. The second kappa shape index (κ2) is 7.40. The summed E-state index contributed by atoms with van der Waals surface area (Å²) in [6.45, 7) is 1.55. The fraction of sp³-hybridized carbons (Fsp3) is 0.222. The van der Waals surface area contributed by atoms with Crippen molar-refractivity contribution in [3.8, 4) is 0 Å². The first kappa shape index (κ1) is 17.0. The van der Waals surface area contributed by atoms with Crippen LogP contribution in [0.5, 0.6) is 0 Å². The minimum absolute atomic E-state index is 0.0254. The normalized spacial score (nSPS) is 13.4. The molecule has 1 aromatic heterocycles. The molecule has 3 rings (SSSR count). The Labute approximate surface area is 148 Å². The molecule has 1 aromatic carbocycles. The quantitative estimate of drug-likeness (QED) is 0.506. The van der Waals surface area contributed by atoms with Gasteiger partial charge in [-0.05, 0) is 43.2 Å².